The highest BCUT2D eigenvalue weighted by molar-refractivity contribution is 5.44. The van der Waals surface area contributed by atoms with Crippen molar-refractivity contribution in [1.29, 1.82) is 0 Å². The Kier molecular flexibility index (Phi) is 4.40. The molecule has 1 heterocycles. The molecule has 0 atom stereocenters. The van der Waals surface area contributed by atoms with E-state index < -0.39 is 0 Å². The minimum absolute atomic E-state index is 0.628. The first-order valence-corrected chi connectivity index (χ1v) is 6.39. The number of ether oxygens (including phenoxy) is 2. The number of nitrogens with zero attached hydrogens (tertiary/aromatic N) is 2. The predicted molar refractivity (Wildman–Crippen MR) is 78.4 cm³/mol. The van der Waals surface area contributed by atoms with Gasteiger partial charge in [0.05, 0.1) is 14.2 Å². The average molecular weight is 273 g/mol. The Hall–Kier alpha value is -2.30. The highest BCUT2D eigenvalue weighted by atomic mass is 16.5. The minimum atomic E-state index is 0.628. The van der Waals surface area contributed by atoms with Crippen molar-refractivity contribution in [3.05, 3.63) is 41.3 Å². The van der Waals surface area contributed by atoms with Crippen LogP contribution in [0, 0.1) is 13.8 Å². The second kappa shape index (κ2) is 6.23. The molecule has 2 aromatic rings. The van der Waals surface area contributed by atoms with Gasteiger partial charge < -0.3 is 14.8 Å². The summed E-state index contributed by atoms with van der Waals surface area (Å²) in [6.45, 7) is 4.46. The molecule has 0 spiro atoms. The van der Waals surface area contributed by atoms with E-state index >= 15 is 0 Å². The third-order valence-corrected chi connectivity index (χ3v) is 2.92. The molecule has 20 heavy (non-hydrogen) atoms. The Bertz CT molecular complexity index is 579. The molecule has 0 bridgehead atoms. The summed E-state index contributed by atoms with van der Waals surface area (Å²) >= 11 is 0. The van der Waals surface area contributed by atoms with Gasteiger partial charge in [-0.2, -0.15) is 0 Å². The average Bonchev–Trinajstić information content (AvgIpc) is 2.44. The lowest BCUT2D eigenvalue weighted by atomic mass is 10.2. The maximum absolute atomic E-state index is 5.37. The number of hydrogen-bond donors (Lipinski definition) is 1. The van der Waals surface area contributed by atoms with Crippen molar-refractivity contribution in [2.24, 2.45) is 0 Å². The third kappa shape index (κ3) is 3.38. The highest BCUT2D eigenvalue weighted by Gasteiger charge is 2.06. The van der Waals surface area contributed by atoms with Crippen molar-refractivity contribution in [3.63, 3.8) is 0 Å². The molecule has 1 aromatic carbocycles. The quantitative estimate of drug-likeness (QED) is 0.907. The smallest absolute Gasteiger partial charge is 0.130 e. The molecule has 0 saturated heterocycles. The van der Waals surface area contributed by atoms with Crippen LogP contribution in [0.25, 0.3) is 0 Å². The largest absolute Gasteiger partial charge is 0.497 e. The van der Waals surface area contributed by atoms with Gasteiger partial charge in [0.1, 0.15) is 23.1 Å². The van der Waals surface area contributed by atoms with Crippen LogP contribution in [-0.4, -0.2) is 24.2 Å². The second-order valence-electron chi connectivity index (χ2n) is 4.47. The lowest BCUT2D eigenvalue weighted by molar-refractivity contribution is 0.391. The molecule has 0 fully saturated rings. The van der Waals surface area contributed by atoms with Crippen molar-refractivity contribution in [3.8, 4) is 11.5 Å². The summed E-state index contributed by atoms with van der Waals surface area (Å²) in [5.74, 6) is 3.14. The third-order valence-electron chi connectivity index (χ3n) is 2.92. The van der Waals surface area contributed by atoms with E-state index in [1.165, 1.54) is 0 Å². The van der Waals surface area contributed by atoms with Crippen molar-refractivity contribution in [1.82, 2.24) is 9.97 Å². The van der Waals surface area contributed by atoms with Crippen LogP contribution in [0.2, 0.25) is 0 Å². The fourth-order valence-electron chi connectivity index (χ4n) is 1.99. The molecule has 0 aliphatic rings. The first-order valence-electron chi connectivity index (χ1n) is 6.39. The Morgan fingerprint density at radius 2 is 1.85 bits per heavy atom. The van der Waals surface area contributed by atoms with Gasteiger partial charge in [-0.3, -0.25) is 0 Å². The van der Waals surface area contributed by atoms with Crippen LogP contribution >= 0.6 is 0 Å². The van der Waals surface area contributed by atoms with Crippen LogP contribution in [0.1, 0.15) is 17.1 Å². The van der Waals surface area contributed by atoms with Gasteiger partial charge in [-0.15, -0.1) is 0 Å². The standard InChI is InChI=1S/C15H19N3O2/c1-10-7-15(18-11(2)17-10)16-9-12-5-6-13(19-3)8-14(12)20-4/h5-8H,9H2,1-4H3,(H,16,17,18). The molecule has 2 rings (SSSR count). The van der Waals surface area contributed by atoms with E-state index in [-0.39, 0.29) is 0 Å². The maximum atomic E-state index is 5.37. The van der Waals surface area contributed by atoms with Gasteiger partial charge in [-0.05, 0) is 26.0 Å². The molecule has 106 valence electrons. The van der Waals surface area contributed by atoms with E-state index in [9.17, 15) is 0 Å². The number of rotatable bonds is 5. The fraction of sp³-hybridized carbons (Fsp3) is 0.333. The van der Waals surface area contributed by atoms with Crippen LogP contribution in [0.15, 0.2) is 24.3 Å². The van der Waals surface area contributed by atoms with E-state index in [0.717, 1.165) is 34.4 Å². The van der Waals surface area contributed by atoms with E-state index in [2.05, 4.69) is 15.3 Å². The second-order valence-corrected chi connectivity index (χ2v) is 4.47. The first kappa shape index (κ1) is 14.1. The van der Waals surface area contributed by atoms with Gasteiger partial charge in [0, 0.05) is 29.9 Å². The summed E-state index contributed by atoms with van der Waals surface area (Å²) in [6, 6.07) is 7.68. The number of benzene rings is 1. The van der Waals surface area contributed by atoms with Gasteiger partial charge in [0.2, 0.25) is 0 Å². The first-order chi connectivity index (χ1) is 9.62. The SMILES string of the molecule is COc1ccc(CNc2cc(C)nc(C)n2)c(OC)c1. The van der Waals surface area contributed by atoms with Crippen molar-refractivity contribution in [2.45, 2.75) is 20.4 Å². The molecular weight excluding hydrogens is 254 g/mol. The van der Waals surface area contributed by atoms with Gasteiger partial charge in [-0.1, -0.05) is 0 Å². The summed E-state index contributed by atoms with van der Waals surface area (Å²) in [5, 5.41) is 3.28. The van der Waals surface area contributed by atoms with Crippen molar-refractivity contribution >= 4 is 5.82 Å². The van der Waals surface area contributed by atoms with E-state index in [1.54, 1.807) is 14.2 Å². The molecule has 0 amide bonds. The predicted octanol–water partition coefficient (Wildman–Crippen LogP) is 2.72. The molecule has 0 unspecified atom stereocenters. The number of aromatic nitrogens is 2. The molecular formula is C15H19N3O2. The van der Waals surface area contributed by atoms with Crippen molar-refractivity contribution in [2.75, 3.05) is 19.5 Å². The molecule has 1 aromatic heterocycles. The Labute approximate surface area is 119 Å². The topological polar surface area (TPSA) is 56.3 Å². The van der Waals surface area contributed by atoms with Gasteiger partial charge in [-0.25, -0.2) is 9.97 Å². The summed E-state index contributed by atoms with van der Waals surface area (Å²) in [5.41, 5.74) is 1.99. The summed E-state index contributed by atoms with van der Waals surface area (Å²) in [4.78, 5) is 8.60. The van der Waals surface area contributed by atoms with Crippen LogP contribution in [0.5, 0.6) is 11.5 Å². The zero-order valence-electron chi connectivity index (χ0n) is 12.2. The molecule has 0 aliphatic heterocycles. The Balaban J connectivity index is 2.14. The Morgan fingerprint density at radius 1 is 1.05 bits per heavy atom. The summed E-state index contributed by atoms with van der Waals surface area (Å²) in [7, 11) is 3.29. The molecule has 0 radical (unpaired) electrons. The molecule has 5 nitrogen and oxygen atoms in total. The fourth-order valence-corrected chi connectivity index (χ4v) is 1.99. The Morgan fingerprint density at radius 3 is 2.50 bits per heavy atom. The number of hydrogen-bond acceptors (Lipinski definition) is 5. The lowest BCUT2D eigenvalue weighted by Crippen LogP contribution is -2.05. The number of aryl methyl sites for hydroxylation is 2. The van der Waals surface area contributed by atoms with E-state index in [4.69, 9.17) is 9.47 Å². The summed E-state index contributed by atoms with van der Waals surface area (Å²) in [6.07, 6.45) is 0. The molecule has 0 aliphatic carbocycles. The summed E-state index contributed by atoms with van der Waals surface area (Å²) < 4.78 is 10.6. The minimum Gasteiger partial charge on any atom is -0.497 e. The van der Waals surface area contributed by atoms with Gasteiger partial charge in [0.15, 0.2) is 0 Å². The lowest BCUT2D eigenvalue weighted by Gasteiger charge is -2.12. The number of anilines is 1. The maximum Gasteiger partial charge on any atom is 0.130 e. The molecule has 1 N–H and O–H groups in total. The molecule has 5 heteroatoms. The zero-order chi connectivity index (χ0) is 14.5. The van der Waals surface area contributed by atoms with Gasteiger partial charge >= 0.3 is 0 Å². The van der Waals surface area contributed by atoms with Crippen LogP contribution in [0.4, 0.5) is 5.82 Å². The normalized spacial score (nSPS) is 10.2. The zero-order valence-corrected chi connectivity index (χ0v) is 12.2. The van der Waals surface area contributed by atoms with E-state index in [0.29, 0.717) is 6.54 Å². The molecule has 0 saturated carbocycles. The van der Waals surface area contributed by atoms with Crippen LogP contribution in [0.3, 0.4) is 0 Å². The highest BCUT2D eigenvalue weighted by Crippen LogP contribution is 2.25. The van der Waals surface area contributed by atoms with Crippen LogP contribution in [-0.2, 0) is 6.54 Å². The monoisotopic (exact) mass is 273 g/mol. The van der Waals surface area contributed by atoms with Crippen LogP contribution < -0.4 is 14.8 Å². The van der Waals surface area contributed by atoms with E-state index in [1.807, 2.05) is 38.1 Å². The van der Waals surface area contributed by atoms with Crippen molar-refractivity contribution < 1.29 is 9.47 Å². The number of methoxy groups -OCH3 is 2. The van der Waals surface area contributed by atoms with Gasteiger partial charge in [0.25, 0.3) is 0 Å². The number of nitrogens with one attached hydrogen (secondary N) is 1.